The summed E-state index contributed by atoms with van der Waals surface area (Å²) in [7, 11) is 0. The summed E-state index contributed by atoms with van der Waals surface area (Å²) in [5.74, 6) is 1.55. The topological polar surface area (TPSA) is 18.5 Å². The molecule has 1 saturated heterocycles. The highest BCUT2D eigenvalue weighted by atomic mass is 35.5. The normalized spacial score (nSPS) is 23.9. The molecular formula is C18H25ClO2. The van der Waals surface area contributed by atoms with Crippen LogP contribution in [0, 0.1) is 13.8 Å². The number of rotatable bonds is 4. The molecule has 0 bridgehead atoms. The van der Waals surface area contributed by atoms with Gasteiger partial charge in [-0.1, -0.05) is 25.0 Å². The number of benzene rings is 1. The summed E-state index contributed by atoms with van der Waals surface area (Å²) in [5.41, 5.74) is 3.68. The smallest absolute Gasteiger partial charge is 0.125 e. The molecule has 0 N–H and O–H groups in total. The van der Waals surface area contributed by atoms with Crippen LogP contribution in [0.15, 0.2) is 12.1 Å². The largest absolute Gasteiger partial charge is 0.490 e. The van der Waals surface area contributed by atoms with E-state index in [9.17, 15) is 0 Å². The minimum atomic E-state index is 0.195. The van der Waals surface area contributed by atoms with Crippen LogP contribution in [0.3, 0.4) is 0 Å². The van der Waals surface area contributed by atoms with Crippen LogP contribution in [0.5, 0.6) is 5.75 Å². The molecule has 1 saturated carbocycles. The van der Waals surface area contributed by atoms with Crippen LogP contribution < -0.4 is 4.74 Å². The molecule has 116 valence electrons. The lowest BCUT2D eigenvalue weighted by molar-refractivity contribution is -0.0510. The highest BCUT2D eigenvalue weighted by molar-refractivity contribution is 6.17. The van der Waals surface area contributed by atoms with Gasteiger partial charge in [0.1, 0.15) is 12.4 Å². The van der Waals surface area contributed by atoms with Crippen molar-refractivity contribution in [3.63, 3.8) is 0 Å². The quantitative estimate of drug-likeness (QED) is 0.736. The number of halogens is 1. The van der Waals surface area contributed by atoms with Crippen LogP contribution in [-0.2, 0) is 10.6 Å². The van der Waals surface area contributed by atoms with Crippen LogP contribution in [0.25, 0.3) is 0 Å². The zero-order valence-corrected chi connectivity index (χ0v) is 13.8. The summed E-state index contributed by atoms with van der Waals surface area (Å²) in [6.07, 6.45) is 7.74. The lowest BCUT2D eigenvalue weighted by Crippen LogP contribution is -2.27. The third-order valence-electron chi connectivity index (χ3n) is 4.94. The van der Waals surface area contributed by atoms with Crippen molar-refractivity contribution in [1.82, 2.24) is 0 Å². The summed E-state index contributed by atoms with van der Waals surface area (Å²) in [5, 5.41) is 0. The van der Waals surface area contributed by atoms with Crippen molar-refractivity contribution in [3.8, 4) is 5.75 Å². The third-order valence-corrected chi connectivity index (χ3v) is 5.25. The number of ether oxygens (including phenoxy) is 2. The van der Waals surface area contributed by atoms with Crippen molar-refractivity contribution in [1.29, 1.82) is 0 Å². The molecule has 0 amide bonds. The molecule has 21 heavy (non-hydrogen) atoms. The van der Waals surface area contributed by atoms with Crippen LogP contribution in [0.2, 0.25) is 0 Å². The molecule has 2 aliphatic rings. The van der Waals surface area contributed by atoms with E-state index in [-0.39, 0.29) is 11.7 Å². The second kappa shape index (κ2) is 6.18. The molecule has 1 aromatic rings. The highest BCUT2D eigenvalue weighted by Crippen LogP contribution is 2.43. The first-order chi connectivity index (χ1) is 10.1. The van der Waals surface area contributed by atoms with Gasteiger partial charge in [0, 0.05) is 5.88 Å². The fourth-order valence-electron chi connectivity index (χ4n) is 3.92. The Morgan fingerprint density at radius 2 is 1.86 bits per heavy atom. The first kappa shape index (κ1) is 15.2. The molecule has 1 aliphatic carbocycles. The lowest BCUT2D eigenvalue weighted by Gasteiger charge is -2.24. The van der Waals surface area contributed by atoms with E-state index in [1.807, 2.05) is 0 Å². The van der Waals surface area contributed by atoms with Gasteiger partial charge in [-0.25, -0.2) is 0 Å². The SMILES string of the molecule is Cc1cc(CCl)cc(C)c1OCC1CCC2(CCCC2)O1. The molecule has 2 nitrogen and oxygen atoms in total. The van der Waals surface area contributed by atoms with Gasteiger partial charge in [-0.15, -0.1) is 11.6 Å². The van der Waals surface area contributed by atoms with Gasteiger partial charge in [0.15, 0.2) is 0 Å². The Morgan fingerprint density at radius 1 is 1.19 bits per heavy atom. The summed E-state index contributed by atoms with van der Waals surface area (Å²) in [6.45, 7) is 4.85. The van der Waals surface area contributed by atoms with E-state index >= 15 is 0 Å². The van der Waals surface area contributed by atoms with Gasteiger partial charge >= 0.3 is 0 Å². The van der Waals surface area contributed by atoms with E-state index in [0.29, 0.717) is 12.5 Å². The summed E-state index contributed by atoms with van der Waals surface area (Å²) >= 11 is 5.91. The van der Waals surface area contributed by atoms with Crippen molar-refractivity contribution in [2.75, 3.05) is 6.61 Å². The van der Waals surface area contributed by atoms with Gasteiger partial charge in [0.2, 0.25) is 0 Å². The maximum Gasteiger partial charge on any atom is 0.125 e. The minimum Gasteiger partial charge on any atom is -0.490 e. The van der Waals surface area contributed by atoms with E-state index < -0.39 is 0 Å². The summed E-state index contributed by atoms with van der Waals surface area (Å²) in [6, 6.07) is 4.23. The molecular weight excluding hydrogens is 284 g/mol. The predicted octanol–water partition coefficient (Wildman–Crippen LogP) is 4.91. The molecule has 1 spiro atoms. The number of alkyl halides is 1. The second-order valence-electron chi connectivity index (χ2n) is 6.67. The summed E-state index contributed by atoms with van der Waals surface area (Å²) in [4.78, 5) is 0. The van der Waals surface area contributed by atoms with E-state index in [0.717, 1.165) is 17.7 Å². The first-order valence-corrected chi connectivity index (χ1v) is 8.62. The molecule has 3 heteroatoms. The lowest BCUT2D eigenvalue weighted by atomic mass is 9.98. The molecule has 1 aromatic carbocycles. The molecule has 2 fully saturated rings. The maximum atomic E-state index is 6.31. The van der Waals surface area contributed by atoms with E-state index in [2.05, 4.69) is 26.0 Å². The van der Waals surface area contributed by atoms with Crippen molar-refractivity contribution in [2.24, 2.45) is 0 Å². The number of aryl methyl sites for hydroxylation is 2. The second-order valence-corrected chi connectivity index (χ2v) is 6.94. The fourth-order valence-corrected chi connectivity index (χ4v) is 4.08. The van der Waals surface area contributed by atoms with Gasteiger partial charge in [-0.3, -0.25) is 0 Å². The van der Waals surface area contributed by atoms with Crippen molar-refractivity contribution in [3.05, 3.63) is 28.8 Å². The molecule has 0 aromatic heterocycles. The van der Waals surface area contributed by atoms with Gasteiger partial charge < -0.3 is 9.47 Å². The molecule has 1 aliphatic heterocycles. The Bertz CT molecular complexity index is 483. The van der Waals surface area contributed by atoms with Crippen LogP contribution in [-0.4, -0.2) is 18.3 Å². The maximum absolute atomic E-state index is 6.31. The van der Waals surface area contributed by atoms with Crippen molar-refractivity contribution < 1.29 is 9.47 Å². The number of hydrogen-bond donors (Lipinski definition) is 0. The van der Waals surface area contributed by atoms with Crippen LogP contribution in [0.4, 0.5) is 0 Å². The zero-order valence-electron chi connectivity index (χ0n) is 13.1. The Labute approximate surface area is 132 Å². The Balaban J connectivity index is 1.61. The van der Waals surface area contributed by atoms with E-state index in [1.54, 1.807) is 0 Å². The fraction of sp³-hybridized carbons (Fsp3) is 0.667. The monoisotopic (exact) mass is 308 g/mol. The standard InChI is InChI=1S/C18H25ClO2/c1-13-9-15(11-19)10-14(2)17(13)20-12-16-5-8-18(21-16)6-3-4-7-18/h9-10,16H,3-8,11-12H2,1-2H3. The third kappa shape index (κ3) is 3.22. The van der Waals surface area contributed by atoms with Crippen molar-refractivity contribution in [2.45, 2.75) is 70.0 Å². The van der Waals surface area contributed by atoms with Gasteiger partial charge in [-0.2, -0.15) is 0 Å². The predicted molar refractivity (Wildman–Crippen MR) is 86.3 cm³/mol. The minimum absolute atomic E-state index is 0.195. The van der Waals surface area contributed by atoms with Gasteiger partial charge in [-0.05, 0) is 56.2 Å². The molecule has 0 radical (unpaired) electrons. The van der Waals surface area contributed by atoms with E-state index in [1.165, 1.54) is 43.2 Å². The summed E-state index contributed by atoms with van der Waals surface area (Å²) < 4.78 is 12.4. The van der Waals surface area contributed by atoms with Crippen LogP contribution >= 0.6 is 11.6 Å². The molecule has 1 unspecified atom stereocenters. The first-order valence-electron chi connectivity index (χ1n) is 8.09. The Kier molecular flexibility index (Phi) is 4.46. The molecule has 3 rings (SSSR count). The van der Waals surface area contributed by atoms with E-state index in [4.69, 9.17) is 21.1 Å². The van der Waals surface area contributed by atoms with Gasteiger partial charge in [0.05, 0.1) is 11.7 Å². The molecule has 1 heterocycles. The average molecular weight is 309 g/mol. The van der Waals surface area contributed by atoms with Gasteiger partial charge in [0.25, 0.3) is 0 Å². The number of hydrogen-bond acceptors (Lipinski definition) is 2. The van der Waals surface area contributed by atoms with Crippen molar-refractivity contribution >= 4 is 11.6 Å². The zero-order chi connectivity index (χ0) is 14.9. The van der Waals surface area contributed by atoms with Crippen LogP contribution in [0.1, 0.15) is 55.2 Å². The Morgan fingerprint density at radius 3 is 2.48 bits per heavy atom. The molecule has 1 atom stereocenters. The average Bonchev–Trinajstić information content (AvgIpc) is 3.08. The highest BCUT2D eigenvalue weighted by Gasteiger charge is 2.42. The Hall–Kier alpha value is -0.730.